The molecule has 0 unspecified atom stereocenters. The zero-order chi connectivity index (χ0) is 8.27. The van der Waals surface area contributed by atoms with Gasteiger partial charge in [0.15, 0.2) is 0 Å². The van der Waals surface area contributed by atoms with Crippen LogP contribution in [-0.2, 0) is 0 Å². The molecule has 3 nitrogen and oxygen atoms in total. The van der Waals surface area contributed by atoms with Gasteiger partial charge in [-0.15, -0.1) is 12.3 Å². The average Bonchev–Trinajstić information content (AvgIpc) is 2.36. The van der Waals surface area contributed by atoms with E-state index < -0.39 is 0 Å². The zero-order valence-corrected chi connectivity index (χ0v) is 6.24. The number of hydrogen-bond acceptors (Lipinski definition) is 3. The van der Waals surface area contributed by atoms with Crippen LogP contribution in [0.15, 0.2) is 10.6 Å². The van der Waals surface area contributed by atoms with Crippen molar-refractivity contribution in [2.75, 3.05) is 0 Å². The van der Waals surface area contributed by atoms with Crippen molar-refractivity contribution in [2.24, 2.45) is 0 Å². The van der Waals surface area contributed by atoms with E-state index in [1.165, 1.54) is 6.07 Å². The number of nitrogens with zero attached hydrogens (tertiary/aromatic N) is 1. The summed E-state index contributed by atoms with van der Waals surface area (Å²) in [5.41, 5.74) is 0. The Kier molecular flexibility index (Phi) is 2.17. The van der Waals surface area contributed by atoms with Gasteiger partial charge in [0, 0.05) is 18.4 Å². The number of aromatic hydroxyl groups is 1. The Hall–Kier alpha value is -1.43. The number of aromatic nitrogens is 1. The van der Waals surface area contributed by atoms with Crippen molar-refractivity contribution in [1.82, 2.24) is 5.16 Å². The van der Waals surface area contributed by atoms with Crippen molar-refractivity contribution < 1.29 is 9.63 Å². The van der Waals surface area contributed by atoms with Gasteiger partial charge in [0.05, 0.1) is 0 Å². The largest absolute Gasteiger partial charge is 0.491 e. The normalized spacial score (nSPS) is 12.4. The maximum atomic E-state index is 8.81. The molecule has 0 bridgehead atoms. The van der Waals surface area contributed by atoms with Crippen LogP contribution in [-0.4, -0.2) is 10.3 Å². The topological polar surface area (TPSA) is 46.3 Å². The van der Waals surface area contributed by atoms with Crippen molar-refractivity contribution in [3.63, 3.8) is 0 Å². The lowest BCUT2D eigenvalue weighted by molar-refractivity contribution is 0.332. The Morgan fingerprint density at radius 3 is 3.09 bits per heavy atom. The minimum Gasteiger partial charge on any atom is -0.491 e. The van der Waals surface area contributed by atoms with Crippen molar-refractivity contribution in [3.05, 3.63) is 11.8 Å². The van der Waals surface area contributed by atoms with E-state index >= 15 is 0 Å². The van der Waals surface area contributed by atoms with E-state index in [9.17, 15) is 0 Å². The lowest BCUT2D eigenvalue weighted by Crippen LogP contribution is -1.87. The van der Waals surface area contributed by atoms with E-state index in [-0.39, 0.29) is 11.8 Å². The van der Waals surface area contributed by atoms with Gasteiger partial charge in [-0.05, 0) is 5.16 Å². The maximum absolute atomic E-state index is 8.81. The van der Waals surface area contributed by atoms with E-state index in [0.29, 0.717) is 12.2 Å². The summed E-state index contributed by atoms with van der Waals surface area (Å²) in [6.07, 6.45) is 5.69. The lowest BCUT2D eigenvalue weighted by atomic mass is 10.1. The number of rotatable bonds is 2. The minimum absolute atomic E-state index is 0.0936. The Balaban J connectivity index is 2.70. The van der Waals surface area contributed by atoms with Gasteiger partial charge in [0.25, 0.3) is 5.88 Å². The standard InChI is InChI=1S/C8H9NO2/c1-3-4-6(2)7-5-8(10)9-11-7/h1,5-6H,4H2,2H3,(H,9,10)/t6-/m1/s1. The van der Waals surface area contributed by atoms with Crippen LogP contribution >= 0.6 is 0 Å². The molecule has 1 N–H and O–H groups in total. The molecule has 1 heterocycles. The number of hydrogen-bond donors (Lipinski definition) is 1. The molecule has 0 aliphatic heterocycles. The van der Waals surface area contributed by atoms with Gasteiger partial charge in [-0.3, -0.25) is 0 Å². The highest BCUT2D eigenvalue weighted by atomic mass is 16.5. The predicted molar refractivity (Wildman–Crippen MR) is 40.0 cm³/mol. The number of terminal acetylenes is 1. The van der Waals surface area contributed by atoms with Crippen molar-refractivity contribution >= 4 is 0 Å². The van der Waals surface area contributed by atoms with Gasteiger partial charge in [0.1, 0.15) is 5.76 Å². The van der Waals surface area contributed by atoms with E-state index in [1.807, 2.05) is 6.92 Å². The monoisotopic (exact) mass is 151 g/mol. The van der Waals surface area contributed by atoms with Gasteiger partial charge in [-0.1, -0.05) is 6.92 Å². The highest BCUT2D eigenvalue weighted by molar-refractivity contribution is 5.13. The van der Waals surface area contributed by atoms with Gasteiger partial charge < -0.3 is 9.63 Å². The van der Waals surface area contributed by atoms with Crippen molar-refractivity contribution in [2.45, 2.75) is 19.3 Å². The minimum atomic E-state index is -0.0936. The van der Waals surface area contributed by atoms with E-state index in [2.05, 4.69) is 11.1 Å². The third kappa shape index (κ3) is 1.74. The molecule has 11 heavy (non-hydrogen) atoms. The van der Waals surface area contributed by atoms with Gasteiger partial charge >= 0.3 is 0 Å². The van der Waals surface area contributed by atoms with Crippen LogP contribution in [0.4, 0.5) is 0 Å². The van der Waals surface area contributed by atoms with Crippen molar-refractivity contribution in [1.29, 1.82) is 0 Å². The van der Waals surface area contributed by atoms with Gasteiger partial charge in [-0.25, -0.2) is 0 Å². The summed E-state index contributed by atoms with van der Waals surface area (Å²) in [7, 11) is 0. The van der Waals surface area contributed by atoms with Crippen LogP contribution in [0.25, 0.3) is 0 Å². The van der Waals surface area contributed by atoms with E-state index in [1.54, 1.807) is 0 Å². The summed E-state index contributed by atoms with van der Waals surface area (Å²) in [6, 6.07) is 1.47. The molecule has 0 aliphatic rings. The van der Waals surface area contributed by atoms with Crippen LogP contribution in [0.2, 0.25) is 0 Å². The first-order chi connectivity index (χ1) is 5.24. The molecule has 0 radical (unpaired) electrons. The Morgan fingerprint density at radius 2 is 2.64 bits per heavy atom. The summed E-state index contributed by atoms with van der Waals surface area (Å²) in [5.74, 6) is 3.16. The smallest absolute Gasteiger partial charge is 0.251 e. The molecule has 1 atom stereocenters. The Labute approximate surface area is 65.0 Å². The Bertz CT molecular complexity index is 272. The van der Waals surface area contributed by atoms with E-state index in [4.69, 9.17) is 16.1 Å². The summed E-state index contributed by atoms with van der Waals surface area (Å²) in [4.78, 5) is 0. The summed E-state index contributed by atoms with van der Waals surface area (Å²) >= 11 is 0. The van der Waals surface area contributed by atoms with Gasteiger partial charge in [0.2, 0.25) is 0 Å². The van der Waals surface area contributed by atoms with Crippen molar-refractivity contribution in [3.8, 4) is 18.2 Å². The first-order valence-corrected chi connectivity index (χ1v) is 3.33. The van der Waals surface area contributed by atoms with Crippen LogP contribution in [0.5, 0.6) is 5.88 Å². The molecular formula is C8H9NO2. The molecule has 58 valence electrons. The second-order valence-corrected chi connectivity index (χ2v) is 2.40. The molecule has 0 fully saturated rings. The highest BCUT2D eigenvalue weighted by Crippen LogP contribution is 2.21. The zero-order valence-electron chi connectivity index (χ0n) is 6.24. The maximum Gasteiger partial charge on any atom is 0.251 e. The van der Waals surface area contributed by atoms with Crippen LogP contribution in [0.1, 0.15) is 25.0 Å². The third-order valence-electron chi connectivity index (χ3n) is 1.43. The first kappa shape index (κ1) is 7.67. The highest BCUT2D eigenvalue weighted by Gasteiger charge is 2.09. The fourth-order valence-electron chi connectivity index (χ4n) is 0.789. The molecule has 1 aromatic rings. The predicted octanol–water partition coefficient (Wildman–Crippen LogP) is 1.51. The second kappa shape index (κ2) is 3.11. The molecule has 0 aromatic carbocycles. The first-order valence-electron chi connectivity index (χ1n) is 3.33. The molecule has 0 saturated heterocycles. The molecule has 0 saturated carbocycles. The third-order valence-corrected chi connectivity index (χ3v) is 1.43. The molecule has 1 rings (SSSR count). The second-order valence-electron chi connectivity index (χ2n) is 2.40. The molecular weight excluding hydrogens is 142 g/mol. The Morgan fingerprint density at radius 1 is 1.91 bits per heavy atom. The fraction of sp³-hybridized carbons (Fsp3) is 0.375. The molecule has 3 heteroatoms. The fourth-order valence-corrected chi connectivity index (χ4v) is 0.789. The molecule has 0 amide bonds. The van der Waals surface area contributed by atoms with Gasteiger partial charge in [-0.2, -0.15) is 0 Å². The summed E-state index contributed by atoms with van der Waals surface area (Å²) in [5, 5.41) is 12.1. The summed E-state index contributed by atoms with van der Waals surface area (Å²) < 4.78 is 4.78. The molecule has 1 aromatic heterocycles. The van der Waals surface area contributed by atoms with Crippen LogP contribution < -0.4 is 0 Å². The van der Waals surface area contributed by atoms with Crippen LogP contribution in [0.3, 0.4) is 0 Å². The van der Waals surface area contributed by atoms with E-state index in [0.717, 1.165) is 0 Å². The SMILES string of the molecule is C#CC[C@@H](C)c1cc(O)no1. The van der Waals surface area contributed by atoms with Crippen LogP contribution in [0, 0.1) is 12.3 Å². The molecule has 0 spiro atoms. The summed E-state index contributed by atoms with van der Waals surface area (Å²) in [6.45, 7) is 1.92. The quantitative estimate of drug-likeness (QED) is 0.651. The molecule has 0 aliphatic carbocycles. The lowest BCUT2D eigenvalue weighted by Gasteiger charge is -1.98. The average molecular weight is 151 g/mol.